The third-order valence-electron chi connectivity index (χ3n) is 5.23. The van der Waals surface area contributed by atoms with Crippen LogP contribution in [0.4, 0.5) is 0 Å². The Morgan fingerprint density at radius 3 is 2.53 bits per heavy atom. The summed E-state index contributed by atoms with van der Waals surface area (Å²) in [5.74, 6) is 2.31. The molecule has 0 saturated carbocycles. The van der Waals surface area contributed by atoms with Crippen molar-refractivity contribution in [2.75, 3.05) is 27.3 Å². The summed E-state index contributed by atoms with van der Waals surface area (Å²) in [4.78, 5) is 4.71. The molecule has 0 bridgehead atoms. The van der Waals surface area contributed by atoms with E-state index in [9.17, 15) is 8.42 Å². The Hall–Kier alpha value is -2.91. The number of sulfonamides is 1. The molecule has 8 nitrogen and oxygen atoms in total. The zero-order valence-corrected chi connectivity index (χ0v) is 17.8. The highest BCUT2D eigenvalue weighted by Gasteiger charge is 2.40. The Kier molecular flexibility index (Phi) is 5.48. The second-order valence-electron chi connectivity index (χ2n) is 7.19. The van der Waals surface area contributed by atoms with E-state index in [2.05, 4.69) is 10.1 Å². The first-order valence-electron chi connectivity index (χ1n) is 9.51. The van der Waals surface area contributed by atoms with Crippen LogP contribution >= 0.6 is 0 Å². The molecule has 0 aliphatic carbocycles. The molecule has 30 heavy (non-hydrogen) atoms. The van der Waals surface area contributed by atoms with Gasteiger partial charge in [-0.15, -0.1) is 0 Å². The molecule has 9 heteroatoms. The van der Waals surface area contributed by atoms with Crippen molar-refractivity contribution >= 4 is 10.0 Å². The van der Waals surface area contributed by atoms with Crippen molar-refractivity contribution in [3.63, 3.8) is 0 Å². The fourth-order valence-electron chi connectivity index (χ4n) is 3.48. The molecule has 0 spiro atoms. The fraction of sp³-hybridized carbons (Fsp3) is 0.333. The van der Waals surface area contributed by atoms with Crippen molar-refractivity contribution in [2.45, 2.75) is 24.2 Å². The second kappa shape index (κ2) is 8.08. The zero-order valence-electron chi connectivity index (χ0n) is 17.0. The standard InChI is InChI=1S/C21H23N3O5S/c1-14-10-17(8-9-18(14)27-2)30(25,26)24-12-16(13-24)21-22-20(23-29-21)11-15-6-4-5-7-19(15)28-3/h4-10,16H,11-13H2,1-3H3. The molecule has 2 aromatic carbocycles. The molecular formula is C21H23N3O5S. The predicted molar refractivity (Wildman–Crippen MR) is 109 cm³/mol. The second-order valence-corrected chi connectivity index (χ2v) is 9.13. The molecule has 4 rings (SSSR count). The Labute approximate surface area is 175 Å². The van der Waals surface area contributed by atoms with E-state index in [0.717, 1.165) is 16.9 Å². The minimum atomic E-state index is -3.57. The van der Waals surface area contributed by atoms with Crippen molar-refractivity contribution in [3.8, 4) is 11.5 Å². The van der Waals surface area contributed by atoms with Crippen molar-refractivity contribution in [1.82, 2.24) is 14.4 Å². The molecule has 1 aliphatic heterocycles. The molecule has 3 aromatic rings. The molecule has 1 aliphatic rings. The number of hydrogen-bond donors (Lipinski definition) is 0. The van der Waals surface area contributed by atoms with E-state index < -0.39 is 10.0 Å². The summed E-state index contributed by atoms with van der Waals surface area (Å²) in [6.07, 6.45) is 0.480. The smallest absolute Gasteiger partial charge is 0.243 e. The van der Waals surface area contributed by atoms with Crippen LogP contribution in [0.15, 0.2) is 51.9 Å². The summed E-state index contributed by atoms with van der Waals surface area (Å²) in [5, 5.41) is 4.04. The van der Waals surface area contributed by atoms with Gasteiger partial charge in [0.05, 0.1) is 25.0 Å². The molecule has 158 valence electrons. The number of benzene rings is 2. The van der Waals surface area contributed by atoms with Gasteiger partial charge < -0.3 is 14.0 Å². The van der Waals surface area contributed by atoms with Gasteiger partial charge in [0.2, 0.25) is 15.9 Å². The summed E-state index contributed by atoms with van der Waals surface area (Å²) >= 11 is 0. The van der Waals surface area contributed by atoms with Crippen molar-refractivity contribution < 1.29 is 22.4 Å². The lowest BCUT2D eigenvalue weighted by molar-refractivity contribution is 0.216. The predicted octanol–water partition coefficient (Wildman–Crippen LogP) is 2.77. The quantitative estimate of drug-likeness (QED) is 0.570. The molecule has 0 atom stereocenters. The first kappa shape index (κ1) is 20.4. The molecule has 2 heterocycles. The summed E-state index contributed by atoms with van der Waals surface area (Å²) in [5.41, 5.74) is 1.73. The average molecular weight is 429 g/mol. The van der Waals surface area contributed by atoms with Gasteiger partial charge in [0.25, 0.3) is 0 Å². The number of ether oxygens (including phenoxy) is 2. The van der Waals surface area contributed by atoms with E-state index in [4.69, 9.17) is 14.0 Å². The van der Waals surface area contributed by atoms with E-state index >= 15 is 0 Å². The van der Waals surface area contributed by atoms with Crippen LogP contribution in [0, 0.1) is 6.92 Å². The molecule has 1 aromatic heterocycles. The maximum Gasteiger partial charge on any atom is 0.243 e. The number of nitrogens with zero attached hydrogens (tertiary/aromatic N) is 3. The minimum Gasteiger partial charge on any atom is -0.496 e. The van der Waals surface area contributed by atoms with Gasteiger partial charge in [-0.05, 0) is 36.8 Å². The van der Waals surface area contributed by atoms with E-state index in [1.807, 2.05) is 31.2 Å². The first-order valence-corrected chi connectivity index (χ1v) is 11.0. The van der Waals surface area contributed by atoms with Crippen molar-refractivity contribution in [3.05, 3.63) is 65.3 Å². The zero-order chi connectivity index (χ0) is 21.3. The molecule has 0 unspecified atom stereocenters. The number of methoxy groups -OCH3 is 2. The minimum absolute atomic E-state index is 0.113. The van der Waals surface area contributed by atoms with Gasteiger partial charge in [0, 0.05) is 25.1 Å². The Morgan fingerprint density at radius 2 is 1.83 bits per heavy atom. The average Bonchev–Trinajstić information content (AvgIpc) is 3.14. The lowest BCUT2D eigenvalue weighted by Gasteiger charge is -2.35. The monoisotopic (exact) mass is 429 g/mol. The molecule has 0 amide bonds. The maximum atomic E-state index is 12.9. The fourth-order valence-corrected chi connectivity index (χ4v) is 5.09. The highest BCUT2D eigenvalue weighted by molar-refractivity contribution is 7.89. The van der Waals surface area contributed by atoms with Crippen molar-refractivity contribution in [2.24, 2.45) is 0 Å². The van der Waals surface area contributed by atoms with Crippen LogP contribution in [0.3, 0.4) is 0 Å². The third kappa shape index (κ3) is 3.78. The molecule has 0 radical (unpaired) electrons. The van der Waals surface area contributed by atoms with E-state index in [0.29, 0.717) is 37.0 Å². The SMILES string of the molecule is COc1ccc(S(=O)(=O)N2CC(c3nc(Cc4ccccc4OC)no3)C2)cc1C. The highest BCUT2D eigenvalue weighted by atomic mass is 32.2. The van der Waals surface area contributed by atoms with Crippen LogP contribution in [0.1, 0.15) is 28.8 Å². The number of hydrogen-bond acceptors (Lipinski definition) is 7. The topological polar surface area (TPSA) is 94.8 Å². The lowest BCUT2D eigenvalue weighted by Crippen LogP contribution is -2.48. The maximum absolute atomic E-state index is 12.9. The Balaban J connectivity index is 1.43. The van der Waals surface area contributed by atoms with Crippen LogP contribution in [0.2, 0.25) is 0 Å². The third-order valence-corrected chi connectivity index (χ3v) is 7.05. The van der Waals surface area contributed by atoms with Gasteiger partial charge in [-0.25, -0.2) is 8.42 Å². The van der Waals surface area contributed by atoms with Gasteiger partial charge >= 0.3 is 0 Å². The van der Waals surface area contributed by atoms with E-state index in [1.165, 1.54) is 4.31 Å². The molecule has 1 fully saturated rings. The van der Waals surface area contributed by atoms with Gasteiger partial charge in [-0.3, -0.25) is 0 Å². The summed E-state index contributed by atoms with van der Waals surface area (Å²) in [6.45, 7) is 2.44. The Bertz CT molecular complexity index is 1150. The summed E-state index contributed by atoms with van der Waals surface area (Å²) < 4.78 is 43.1. The van der Waals surface area contributed by atoms with Gasteiger partial charge in [-0.2, -0.15) is 9.29 Å². The molecule has 0 N–H and O–H groups in total. The highest BCUT2D eigenvalue weighted by Crippen LogP contribution is 2.33. The van der Waals surface area contributed by atoms with Gasteiger partial charge in [0.15, 0.2) is 5.82 Å². The first-order chi connectivity index (χ1) is 14.4. The lowest BCUT2D eigenvalue weighted by atomic mass is 10.0. The van der Waals surface area contributed by atoms with Crippen LogP contribution in [0.5, 0.6) is 11.5 Å². The van der Waals surface area contributed by atoms with Gasteiger partial charge in [0.1, 0.15) is 11.5 Å². The number of aromatic nitrogens is 2. The van der Waals surface area contributed by atoms with E-state index in [-0.39, 0.29) is 10.8 Å². The normalized spacial score (nSPS) is 15.0. The van der Waals surface area contributed by atoms with Crippen LogP contribution < -0.4 is 9.47 Å². The largest absolute Gasteiger partial charge is 0.496 e. The molecule has 1 saturated heterocycles. The summed E-state index contributed by atoms with van der Waals surface area (Å²) in [7, 11) is -0.392. The number of aryl methyl sites for hydroxylation is 1. The van der Waals surface area contributed by atoms with E-state index in [1.54, 1.807) is 32.4 Å². The Morgan fingerprint density at radius 1 is 1.10 bits per heavy atom. The number of rotatable bonds is 7. The van der Waals surface area contributed by atoms with Crippen LogP contribution in [-0.2, 0) is 16.4 Å². The summed E-state index contributed by atoms with van der Waals surface area (Å²) in [6, 6.07) is 12.5. The van der Waals surface area contributed by atoms with Crippen LogP contribution in [0.25, 0.3) is 0 Å². The van der Waals surface area contributed by atoms with Crippen LogP contribution in [-0.4, -0.2) is 50.2 Å². The number of para-hydroxylation sites is 1. The van der Waals surface area contributed by atoms with Crippen molar-refractivity contribution in [1.29, 1.82) is 0 Å². The molecular weight excluding hydrogens is 406 g/mol. The van der Waals surface area contributed by atoms with Gasteiger partial charge in [-0.1, -0.05) is 23.4 Å².